The van der Waals surface area contributed by atoms with E-state index in [0.29, 0.717) is 24.1 Å². The number of benzene rings is 2. The van der Waals surface area contributed by atoms with Gasteiger partial charge in [0.25, 0.3) is 5.91 Å². The summed E-state index contributed by atoms with van der Waals surface area (Å²) in [5, 5.41) is 3.64. The standard InChI is InChI=1S/C27H41N3O3/c1-7-30(8-2)24(17-22-13-11-10-12-14-22)20-28-19-23-15-16-25(26(18-23)32-9-3)33-21(4)27(31)29(5)6/h10-16,18,21,24,28H,7-9,17,19-20H2,1-6H3/t21-,24-/m0/s1. The van der Waals surface area contributed by atoms with Crippen molar-refractivity contribution >= 4 is 5.91 Å². The Balaban J connectivity index is 2.04. The predicted molar refractivity (Wildman–Crippen MR) is 135 cm³/mol. The van der Waals surface area contributed by atoms with Crippen molar-refractivity contribution in [1.82, 2.24) is 15.1 Å². The lowest BCUT2D eigenvalue weighted by Crippen LogP contribution is -2.43. The van der Waals surface area contributed by atoms with E-state index in [0.717, 1.165) is 38.2 Å². The summed E-state index contributed by atoms with van der Waals surface area (Å²) in [5.74, 6) is 1.18. The van der Waals surface area contributed by atoms with Gasteiger partial charge in [-0.3, -0.25) is 9.69 Å². The monoisotopic (exact) mass is 455 g/mol. The van der Waals surface area contributed by atoms with E-state index in [-0.39, 0.29) is 5.91 Å². The maximum Gasteiger partial charge on any atom is 0.262 e. The van der Waals surface area contributed by atoms with Gasteiger partial charge in [0.1, 0.15) is 0 Å². The molecule has 0 aliphatic carbocycles. The Morgan fingerprint density at radius 3 is 2.27 bits per heavy atom. The quantitative estimate of drug-likeness (QED) is 0.467. The van der Waals surface area contributed by atoms with Crippen LogP contribution in [-0.4, -0.2) is 68.2 Å². The highest BCUT2D eigenvalue weighted by Gasteiger charge is 2.19. The molecule has 0 aliphatic rings. The summed E-state index contributed by atoms with van der Waals surface area (Å²) in [4.78, 5) is 16.2. The molecule has 0 bridgehead atoms. The summed E-state index contributed by atoms with van der Waals surface area (Å²) in [6.45, 7) is 12.4. The minimum Gasteiger partial charge on any atom is -0.490 e. The minimum atomic E-state index is -0.573. The second kappa shape index (κ2) is 13.9. The Bertz CT molecular complexity index is 838. The van der Waals surface area contributed by atoms with Crippen LogP contribution in [0.15, 0.2) is 48.5 Å². The van der Waals surface area contributed by atoms with E-state index in [1.165, 1.54) is 10.5 Å². The third-order valence-electron chi connectivity index (χ3n) is 5.75. The van der Waals surface area contributed by atoms with Crippen LogP contribution in [-0.2, 0) is 17.8 Å². The molecule has 1 amide bonds. The van der Waals surface area contributed by atoms with E-state index in [1.54, 1.807) is 21.0 Å². The molecule has 1 N–H and O–H groups in total. The van der Waals surface area contributed by atoms with Crippen LogP contribution in [0.5, 0.6) is 11.5 Å². The first-order chi connectivity index (χ1) is 15.9. The topological polar surface area (TPSA) is 54.0 Å². The number of hydrogen-bond donors (Lipinski definition) is 1. The second-order valence-electron chi connectivity index (χ2n) is 8.40. The van der Waals surface area contributed by atoms with Crippen molar-refractivity contribution in [3.05, 3.63) is 59.7 Å². The molecule has 6 nitrogen and oxygen atoms in total. The smallest absolute Gasteiger partial charge is 0.262 e. The van der Waals surface area contributed by atoms with Crippen LogP contribution in [0.25, 0.3) is 0 Å². The van der Waals surface area contributed by atoms with E-state index in [4.69, 9.17) is 9.47 Å². The molecule has 33 heavy (non-hydrogen) atoms. The number of likely N-dealkylation sites (N-methyl/N-ethyl adjacent to an activating group) is 2. The van der Waals surface area contributed by atoms with Gasteiger partial charge < -0.3 is 19.7 Å². The molecule has 6 heteroatoms. The Morgan fingerprint density at radius 2 is 1.67 bits per heavy atom. The molecule has 2 aromatic carbocycles. The highest BCUT2D eigenvalue weighted by Crippen LogP contribution is 2.29. The summed E-state index contributed by atoms with van der Waals surface area (Å²) in [6, 6.07) is 17.0. The lowest BCUT2D eigenvalue weighted by molar-refractivity contribution is -0.135. The number of rotatable bonds is 14. The van der Waals surface area contributed by atoms with E-state index < -0.39 is 6.10 Å². The van der Waals surface area contributed by atoms with Gasteiger partial charge in [0, 0.05) is 33.2 Å². The number of nitrogens with one attached hydrogen (secondary N) is 1. The maximum absolute atomic E-state index is 12.2. The zero-order valence-electron chi connectivity index (χ0n) is 21.1. The number of hydrogen-bond acceptors (Lipinski definition) is 5. The maximum atomic E-state index is 12.2. The van der Waals surface area contributed by atoms with Crippen molar-refractivity contribution in [2.24, 2.45) is 0 Å². The molecule has 0 saturated heterocycles. The predicted octanol–water partition coefficient (Wildman–Crippen LogP) is 3.98. The van der Waals surface area contributed by atoms with Gasteiger partial charge in [0.05, 0.1) is 6.61 Å². The molecule has 182 valence electrons. The Morgan fingerprint density at radius 1 is 0.970 bits per heavy atom. The third kappa shape index (κ3) is 8.37. The van der Waals surface area contributed by atoms with Crippen molar-refractivity contribution in [2.75, 3.05) is 40.3 Å². The first-order valence-electron chi connectivity index (χ1n) is 12.0. The first-order valence-corrected chi connectivity index (χ1v) is 12.0. The summed E-state index contributed by atoms with van der Waals surface area (Å²) in [5.41, 5.74) is 2.48. The molecule has 0 aromatic heterocycles. The molecular weight excluding hydrogens is 414 g/mol. The van der Waals surface area contributed by atoms with Crippen molar-refractivity contribution in [3.8, 4) is 11.5 Å². The number of carbonyl (C=O) groups is 1. The molecule has 0 radical (unpaired) electrons. The summed E-state index contributed by atoms with van der Waals surface area (Å²) in [6.07, 6.45) is 0.445. The molecule has 0 aliphatic heterocycles. The highest BCUT2D eigenvalue weighted by molar-refractivity contribution is 5.80. The molecule has 2 atom stereocenters. The van der Waals surface area contributed by atoms with Crippen LogP contribution < -0.4 is 14.8 Å². The number of nitrogens with zero attached hydrogens (tertiary/aromatic N) is 2. The molecule has 0 fully saturated rings. The van der Waals surface area contributed by atoms with Crippen LogP contribution >= 0.6 is 0 Å². The average molecular weight is 456 g/mol. The molecule has 0 saturated carbocycles. The summed E-state index contributed by atoms with van der Waals surface area (Å²) >= 11 is 0. The Kier molecular flexibility index (Phi) is 11.2. The summed E-state index contributed by atoms with van der Waals surface area (Å²) in [7, 11) is 3.45. The Hall–Kier alpha value is -2.57. The fraction of sp³-hybridized carbons (Fsp3) is 0.519. The SMILES string of the molecule is CCOc1cc(CNC[C@H](Cc2ccccc2)N(CC)CC)ccc1O[C@@H](C)C(=O)N(C)C. The summed E-state index contributed by atoms with van der Waals surface area (Å²) < 4.78 is 11.7. The van der Waals surface area contributed by atoms with Gasteiger partial charge in [0.15, 0.2) is 17.6 Å². The third-order valence-corrected chi connectivity index (χ3v) is 5.75. The van der Waals surface area contributed by atoms with Crippen molar-refractivity contribution in [1.29, 1.82) is 0 Å². The largest absolute Gasteiger partial charge is 0.490 e. The van der Waals surface area contributed by atoms with Gasteiger partial charge in [-0.2, -0.15) is 0 Å². The number of ether oxygens (including phenoxy) is 2. The van der Waals surface area contributed by atoms with Crippen molar-refractivity contribution in [3.63, 3.8) is 0 Å². The second-order valence-corrected chi connectivity index (χ2v) is 8.40. The van der Waals surface area contributed by atoms with Gasteiger partial charge in [-0.15, -0.1) is 0 Å². The van der Waals surface area contributed by atoms with Crippen LogP contribution in [0.2, 0.25) is 0 Å². The molecule has 0 heterocycles. The molecule has 2 aromatic rings. The number of carbonyl (C=O) groups excluding carboxylic acids is 1. The van der Waals surface area contributed by atoms with E-state index in [9.17, 15) is 4.79 Å². The van der Waals surface area contributed by atoms with E-state index >= 15 is 0 Å². The van der Waals surface area contributed by atoms with Crippen LogP contribution in [0.1, 0.15) is 38.8 Å². The fourth-order valence-corrected chi connectivity index (χ4v) is 3.97. The van der Waals surface area contributed by atoms with Crippen molar-refractivity contribution < 1.29 is 14.3 Å². The highest BCUT2D eigenvalue weighted by atomic mass is 16.5. The molecule has 0 spiro atoms. The van der Waals surface area contributed by atoms with Gasteiger partial charge in [0.2, 0.25) is 0 Å². The lowest BCUT2D eigenvalue weighted by Gasteiger charge is -2.30. The first kappa shape index (κ1) is 26.7. The van der Waals surface area contributed by atoms with E-state index in [2.05, 4.69) is 54.4 Å². The Labute approximate surface area is 199 Å². The number of amides is 1. The average Bonchev–Trinajstić information content (AvgIpc) is 2.81. The fourth-order valence-electron chi connectivity index (χ4n) is 3.97. The van der Waals surface area contributed by atoms with Crippen LogP contribution in [0.4, 0.5) is 0 Å². The minimum absolute atomic E-state index is 0.0796. The van der Waals surface area contributed by atoms with Gasteiger partial charge >= 0.3 is 0 Å². The molecule has 2 rings (SSSR count). The van der Waals surface area contributed by atoms with Crippen LogP contribution in [0, 0.1) is 0 Å². The zero-order chi connectivity index (χ0) is 24.2. The van der Waals surface area contributed by atoms with Crippen LogP contribution in [0.3, 0.4) is 0 Å². The van der Waals surface area contributed by atoms with Crippen molar-refractivity contribution in [2.45, 2.75) is 52.8 Å². The molecule has 0 unspecified atom stereocenters. The van der Waals surface area contributed by atoms with Gasteiger partial charge in [-0.25, -0.2) is 0 Å². The normalized spacial score (nSPS) is 12.9. The van der Waals surface area contributed by atoms with Gasteiger partial charge in [-0.1, -0.05) is 50.2 Å². The van der Waals surface area contributed by atoms with E-state index in [1.807, 2.05) is 25.1 Å². The zero-order valence-corrected chi connectivity index (χ0v) is 21.1. The van der Waals surface area contributed by atoms with Gasteiger partial charge in [-0.05, 0) is 56.6 Å². The molecular formula is C27H41N3O3. The lowest BCUT2D eigenvalue weighted by atomic mass is 10.0.